The predicted molar refractivity (Wildman–Crippen MR) is 81.4 cm³/mol. The number of thiazole rings is 1. The lowest BCUT2D eigenvalue weighted by Crippen LogP contribution is -2.32. The topological polar surface area (TPSA) is 28.2 Å². The number of nitrogens with one attached hydrogen (secondary N) is 1. The molecule has 0 radical (unpaired) electrons. The SMILES string of the molecule is CCC(NCc1cnc(N(CC)CC)s1)C(C)C. The summed E-state index contributed by atoms with van der Waals surface area (Å²) in [5.74, 6) is 0.685. The Balaban J connectivity index is 2.53. The van der Waals surface area contributed by atoms with Crippen LogP contribution in [0.3, 0.4) is 0 Å². The molecule has 0 fully saturated rings. The summed E-state index contributed by atoms with van der Waals surface area (Å²) in [5, 5.41) is 4.77. The van der Waals surface area contributed by atoms with Crippen molar-refractivity contribution in [3.8, 4) is 0 Å². The molecule has 1 heterocycles. The lowest BCUT2D eigenvalue weighted by Gasteiger charge is -2.20. The Hall–Kier alpha value is -0.610. The quantitative estimate of drug-likeness (QED) is 0.783. The van der Waals surface area contributed by atoms with Crippen molar-refractivity contribution in [3.63, 3.8) is 0 Å². The monoisotopic (exact) mass is 269 g/mol. The molecule has 104 valence electrons. The van der Waals surface area contributed by atoms with Crippen molar-refractivity contribution in [3.05, 3.63) is 11.1 Å². The fourth-order valence-electron chi connectivity index (χ4n) is 2.10. The van der Waals surface area contributed by atoms with Gasteiger partial charge in [-0.05, 0) is 26.2 Å². The van der Waals surface area contributed by atoms with Gasteiger partial charge in [0.05, 0.1) is 0 Å². The van der Waals surface area contributed by atoms with E-state index in [1.807, 2.05) is 6.20 Å². The van der Waals surface area contributed by atoms with Gasteiger partial charge in [-0.1, -0.05) is 20.8 Å². The zero-order chi connectivity index (χ0) is 13.5. The molecule has 18 heavy (non-hydrogen) atoms. The van der Waals surface area contributed by atoms with Gasteiger partial charge in [-0.25, -0.2) is 4.98 Å². The van der Waals surface area contributed by atoms with Gasteiger partial charge in [-0.3, -0.25) is 0 Å². The summed E-state index contributed by atoms with van der Waals surface area (Å²) >= 11 is 1.81. The summed E-state index contributed by atoms with van der Waals surface area (Å²) in [7, 11) is 0. The average Bonchev–Trinajstić information content (AvgIpc) is 2.80. The van der Waals surface area contributed by atoms with Gasteiger partial charge >= 0.3 is 0 Å². The maximum Gasteiger partial charge on any atom is 0.185 e. The van der Waals surface area contributed by atoms with Gasteiger partial charge in [-0.2, -0.15) is 0 Å². The summed E-state index contributed by atoms with van der Waals surface area (Å²) in [5.41, 5.74) is 0. The second kappa shape index (κ2) is 7.74. The molecule has 0 aliphatic rings. The molecule has 0 aromatic carbocycles. The highest BCUT2D eigenvalue weighted by Crippen LogP contribution is 2.22. The molecule has 0 spiro atoms. The second-order valence-corrected chi connectivity index (χ2v) is 6.01. The third-order valence-corrected chi connectivity index (χ3v) is 4.42. The number of anilines is 1. The van der Waals surface area contributed by atoms with E-state index in [1.165, 1.54) is 11.3 Å². The van der Waals surface area contributed by atoms with Crippen LogP contribution in [-0.4, -0.2) is 24.1 Å². The van der Waals surface area contributed by atoms with Crippen LogP contribution in [0.2, 0.25) is 0 Å². The number of rotatable bonds is 8. The summed E-state index contributed by atoms with van der Waals surface area (Å²) in [4.78, 5) is 8.14. The average molecular weight is 269 g/mol. The van der Waals surface area contributed by atoms with E-state index in [9.17, 15) is 0 Å². The molecule has 1 N–H and O–H groups in total. The third-order valence-electron chi connectivity index (χ3n) is 3.36. The van der Waals surface area contributed by atoms with E-state index in [0.29, 0.717) is 12.0 Å². The number of aromatic nitrogens is 1. The molecular weight excluding hydrogens is 242 g/mol. The smallest absolute Gasteiger partial charge is 0.185 e. The molecule has 0 amide bonds. The Kier molecular flexibility index (Phi) is 6.65. The first kappa shape index (κ1) is 15.4. The van der Waals surface area contributed by atoms with Gasteiger partial charge in [0.15, 0.2) is 5.13 Å². The molecule has 1 aromatic rings. The Labute approximate surface area is 116 Å². The zero-order valence-electron chi connectivity index (χ0n) is 12.4. The minimum absolute atomic E-state index is 0.601. The van der Waals surface area contributed by atoms with E-state index in [0.717, 1.165) is 24.8 Å². The van der Waals surface area contributed by atoms with E-state index in [2.05, 4.69) is 49.8 Å². The van der Waals surface area contributed by atoms with Crippen LogP contribution in [0.25, 0.3) is 0 Å². The molecule has 1 unspecified atom stereocenters. The molecule has 0 bridgehead atoms. The van der Waals surface area contributed by atoms with Gasteiger partial charge in [-0.15, -0.1) is 11.3 Å². The predicted octanol–water partition coefficient (Wildman–Crippen LogP) is 3.51. The molecule has 0 aliphatic heterocycles. The van der Waals surface area contributed by atoms with Gasteiger partial charge in [0, 0.05) is 36.8 Å². The van der Waals surface area contributed by atoms with E-state index < -0.39 is 0 Å². The van der Waals surface area contributed by atoms with Crippen molar-refractivity contribution in [2.75, 3.05) is 18.0 Å². The highest BCUT2D eigenvalue weighted by Gasteiger charge is 2.12. The van der Waals surface area contributed by atoms with Crippen LogP contribution in [0.1, 0.15) is 45.9 Å². The van der Waals surface area contributed by atoms with Gasteiger partial charge < -0.3 is 10.2 Å². The van der Waals surface area contributed by atoms with E-state index in [-0.39, 0.29) is 0 Å². The van der Waals surface area contributed by atoms with Gasteiger partial charge in [0.25, 0.3) is 0 Å². The first-order chi connectivity index (χ1) is 8.62. The van der Waals surface area contributed by atoms with Crippen molar-refractivity contribution in [2.45, 2.75) is 53.6 Å². The molecule has 0 aliphatic carbocycles. The maximum atomic E-state index is 4.51. The number of hydrogen-bond acceptors (Lipinski definition) is 4. The van der Waals surface area contributed by atoms with E-state index >= 15 is 0 Å². The fraction of sp³-hybridized carbons (Fsp3) is 0.786. The first-order valence-corrected chi connectivity index (χ1v) is 7.86. The second-order valence-electron chi connectivity index (χ2n) is 4.92. The van der Waals surface area contributed by atoms with Crippen LogP contribution in [0, 0.1) is 5.92 Å². The van der Waals surface area contributed by atoms with Gasteiger partial charge in [0.2, 0.25) is 0 Å². The number of nitrogens with zero attached hydrogens (tertiary/aromatic N) is 2. The van der Waals surface area contributed by atoms with E-state index in [4.69, 9.17) is 0 Å². The largest absolute Gasteiger partial charge is 0.349 e. The first-order valence-electron chi connectivity index (χ1n) is 7.05. The Morgan fingerprint density at radius 3 is 2.44 bits per heavy atom. The minimum Gasteiger partial charge on any atom is -0.349 e. The summed E-state index contributed by atoms with van der Waals surface area (Å²) in [6, 6.07) is 0.601. The standard InChI is InChI=1S/C14H27N3S/c1-6-13(11(4)5)15-9-12-10-16-14(18-12)17(7-2)8-3/h10-11,13,15H,6-9H2,1-5H3. The Morgan fingerprint density at radius 1 is 1.28 bits per heavy atom. The van der Waals surface area contributed by atoms with Crippen molar-refractivity contribution >= 4 is 16.5 Å². The van der Waals surface area contributed by atoms with Crippen molar-refractivity contribution in [2.24, 2.45) is 5.92 Å². The van der Waals surface area contributed by atoms with Crippen molar-refractivity contribution < 1.29 is 0 Å². The highest BCUT2D eigenvalue weighted by atomic mass is 32.1. The highest BCUT2D eigenvalue weighted by molar-refractivity contribution is 7.15. The van der Waals surface area contributed by atoms with Crippen LogP contribution >= 0.6 is 11.3 Å². The van der Waals surface area contributed by atoms with Crippen LogP contribution in [-0.2, 0) is 6.54 Å². The molecule has 0 saturated carbocycles. The third kappa shape index (κ3) is 4.25. The van der Waals surface area contributed by atoms with Gasteiger partial charge in [0.1, 0.15) is 0 Å². The van der Waals surface area contributed by atoms with Crippen LogP contribution < -0.4 is 10.2 Å². The molecule has 1 rings (SSSR count). The van der Waals surface area contributed by atoms with Crippen LogP contribution in [0.5, 0.6) is 0 Å². The molecule has 1 atom stereocenters. The number of hydrogen-bond donors (Lipinski definition) is 1. The van der Waals surface area contributed by atoms with Crippen LogP contribution in [0.4, 0.5) is 5.13 Å². The molecule has 1 aromatic heterocycles. The fourth-order valence-corrected chi connectivity index (χ4v) is 3.09. The lowest BCUT2D eigenvalue weighted by atomic mass is 10.0. The molecular formula is C14H27N3S. The molecule has 4 heteroatoms. The summed E-state index contributed by atoms with van der Waals surface area (Å²) < 4.78 is 0. The van der Waals surface area contributed by atoms with E-state index in [1.54, 1.807) is 11.3 Å². The van der Waals surface area contributed by atoms with Crippen molar-refractivity contribution in [1.82, 2.24) is 10.3 Å². The Morgan fingerprint density at radius 2 is 1.94 bits per heavy atom. The van der Waals surface area contributed by atoms with Crippen LogP contribution in [0.15, 0.2) is 6.20 Å². The Bertz CT molecular complexity index is 332. The van der Waals surface area contributed by atoms with Crippen molar-refractivity contribution in [1.29, 1.82) is 0 Å². The maximum absolute atomic E-state index is 4.51. The zero-order valence-corrected chi connectivity index (χ0v) is 13.2. The normalized spacial score (nSPS) is 13.0. The minimum atomic E-state index is 0.601. The lowest BCUT2D eigenvalue weighted by molar-refractivity contribution is 0.388. The molecule has 3 nitrogen and oxygen atoms in total. The molecule has 0 saturated heterocycles. The summed E-state index contributed by atoms with van der Waals surface area (Å²) in [6.45, 7) is 14.1. The summed E-state index contributed by atoms with van der Waals surface area (Å²) in [6.07, 6.45) is 3.19.